The molecule has 0 aliphatic carbocycles. The molecule has 222 valence electrons. The minimum atomic E-state index is -4.44. The first-order valence-electron chi connectivity index (χ1n) is 12.6. The standard InChI is InChI=1S/C29H28F3N3O6S/c1-19-4-12-24(13-5-19)34(3)42(38,39)35(17-27(36)37)16-21-6-14-25(15-7-21)40-18-26-20(2)41-28(33-26)22-8-10-23(11-9-22)29(30,31)32/h4-15H,16-18H2,1-3H3,(H,36,37). The molecule has 0 aliphatic heterocycles. The highest BCUT2D eigenvalue weighted by Gasteiger charge is 2.31. The van der Waals surface area contributed by atoms with Gasteiger partial charge in [-0.15, -0.1) is 0 Å². The zero-order chi connectivity index (χ0) is 30.7. The van der Waals surface area contributed by atoms with E-state index >= 15 is 0 Å². The molecule has 0 bridgehead atoms. The molecule has 0 unspecified atom stereocenters. The topological polar surface area (TPSA) is 113 Å². The van der Waals surface area contributed by atoms with Gasteiger partial charge in [-0.2, -0.15) is 25.9 Å². The summed E-state index contributed by atoms with van der Waals surface area (Å²) in [6.07, 6.45) is -4.44. The molecule has 1 heterocycles. The summed E-state index contributed by atoms with van der Waals surface area (Å²) in [5.74, 6) is -0.268. The second-order valence-corrected chi connectivity index (χ2v) is 11.5. The molecular weight excluding hydrogens is 575 g/mol. The maximum atomic E-state index is 13.3. The van der Waals surface area contributed by atoms with Crippen molar-refractivity contribution < 1.29 is 40.6 Å². The molecule has 13 heteroatoms. The number of aliphatic carboxylic acids is 1. The first kappa shape index (κ1) is 30.6. The molecule has 0 spiro atoms. The summed E-state index contributed by atoms with van der Waals surface area (Å²) in [4.78, 5) is 15.8. The molecule has 0 fully saturated rings. The molecule has 3 aromatic carbocycles. The van der Waals surface area contributed by atoms with E-state index in [2.05, 4.69) is 4.98 Å². The maximum Gasteiger partial charge on any atom is 0.416 e. The van der Waals surface area contributed by atoms with Crippen LogP contribution in [0.2, 0.25) is 0 Å². The van der Waals surface area contributed by atoms with Crippen LogP contribution in [0.1, 0.15) is 28.1 Å². The Balaban J connectivity index is 1.42. The van der Waals surface area contributed by atoms with Crippen molar-refractivity contribution in [2.45, 2.75) is 33.2 Å². The number of halogens is 3. The summed E-state index contributed by atoms with van der Waals surface area (Å²) in [7, 11) is -2.81. The maximum absolute atomic E-state index is 13.3. The van der Waals surface area contributed by atoms with Crippen molar-refractivity contribution in [3.63, 3.8) is 0 Å². The van der Waals surface area contributed by atoms with E-state index in [1.54, 1.807) is 55.5 Å². The van der Waals surface area contributed by atoms with Gasteiger partial charge in [-0.3, -0.25) is 9.10 Å². The van der Waals surface area contributed by atoms with Crippen LogP contribution in [-0.4, -0.2) is 42.4 Å². The number of hydrogen-bond donors (Lipinski definition) is 1. The largest absolute Gasteiger partial charge is 0.487 e. The lowest BCUT2D eigenvalue weighted by Gasteiger charge is -2.28. The van der Waals surface area contributed by atoms with Gasteiger partial charge in [-0.25, -0.2) is 4.98 Å². The summed E-state index contributed by atoms with van der Waals surface area (Å²) >= 11 is 0. The van der Waals surface area contributed by atoms with Gasteiger partial charge in [0.25, 0.3) is 0 Å². The van der Waals surface area contributed by atoms with Crippen molar-refractivity contribution in [1.29, 1.82) is 0 Å². The van der Waals surface area contributed by atoms with Crippen molar-refractivity contribution in [1.82, 2.24) is 9.29 Å². The third-order valence-corrected chi connectivity index (χ3v) is 8.20. The van der Waals surface area contributed by atoms with Crippen LogP contribution in [0.25, 0.3) is 11.5 Å². The molecule has 4 aromatic rings. The second-order valence-electron chi connectivity index (χ2n) is 9.50. The van der Waals surface area contributed by atoms with Gasteiger partial charge in [0.1, 0.15) is 30.4 Å². The molecule has 4 rings (SSSR count). The van der Waals surface area contributed by atoms with Crippen LogP contribution in [0, 0.1) is 13.8 Å². The average Bonchev–Trinajstić information content (AvgIpc) is 3.32. The Hall–Kier alpha value is -4.36. The zero-order valence-corrected chi connectivity index (χ0v) is 23.7. The molecule has 1 N–H and O–H groups in total. The van der Waals surface area contributed by atoms with E-state index in [4.69, 9.17) is 9.15 Å². The van der Waals surface area contributed by atoms with Gasteiger partial charge < -0.3 is 14.3 Å². The lowest BCUT2D eigenvalue weighted by atomic mass is 10.1. The van der Waals surface area contributed by atoms with Crippen molar-refractivity contribution in [3.05, 3.63) is 101 Å². The SMILES string of the molecule is Cc1ccc(N(C)S(=O)(=O)N(CC(=O)O)Cc2ccc(OCc3nc(-c4ccc(C(F)(F)F)cc4)oc3C)cc2)cc1. The Morgan fingerprint density at radius 3 is 2.17 bits per heavy atom. The molecule has 9 nitrogen and oxygen atoms in total. The van der Waals surface area contributed by atoms with E-state index in [1.807, 2.05) is 6.92 Å². The van der Waals surface area contributed by atoms with E-state index in [0.29, 0.717) is 34.0 Å². The fourth-order valence-corrected chi connectivity index (χ4v) is 5.28. The minimum absolute atomic E-state index is 0.0101. The van der Waals surface area contributed by atoms with E-state index in [9.17, 15) is 31.5 Å². The number of oxazole rings is 1. The monoisotopic (exact) mass is 603 g/mol. The quantitative estimate of drug-likeness (QED) is 0.230. The highest BCUT2D eigenvalue weighted by molar-refractivity contribution is 7.90. The van der Waals surface area contributed by atoms with Crippen LogP contribution >= 0.6 is 0 Å². The zero-order valence-electron chi connectivity index (χ0n) is 22.9. The van der Waals surface area contributed by atoms with Crippen LogP contribution in [0.4, 0.5) is 18.9 Å². The number of carboxylic acid groups (broad SMARTS) is 1. The number of aromatic nitrogens is 1. The number of carboxylic acids is 1. The molecule has 0 aliphatic rings. The molecule has 1 aromatic heterocycles. The van der Waals surface area contributed by atoms with Crippen LogP contribution in [0.3, 0.4) is 0 Å². The van der Waals surface area contributed by atoms with Crippen LogP contribution in [0.15, 0.2) is 77.2 Å². The highest BCUT2D eigenvalue weighted by atomic mass is 32.2. The fourth-order valence-electron chi connectivity index (χ4n) is 3.96. The molecule has 0 saturated heterocycles. The lowest BCUT2D eigenvalue weighted by molar-refractivity contribution is -0.138. The third-order valence-electron chi connectivity index (χ3n) is 6.39. The number of rotatable bonds is 11. The predicted octanol–water partition coefficient (Wildman–Crippen LogP) is 5.82. The lowest BCUT2D eigenvalue weighted by Crippen LogP contribution is -2.44. The van der Waals surface area contributed by atoms with Gasteiger partial charge in [0, 0.05) is 19.2 Å². The predicted molar refractivity (Wildman–Crippen MR) is 149 cm³/mol. The molecule has 0 amide bonds. The van der Waals surface area contributed by atoms with Crippen LogP contribution in [0.5, 0.6) is 5.75 Å². The number of hydrogen-bond acceptors (Lipinski definition) is 6. The average molecular weight is 604 g/mol. The first-order valence-corrected chi connectivity index (χ1v) is 14.0. The summed E-state index contributed by atoms with van der Waals surface area (Å²) in [5, 5.41) is 9.37. The van der Waals surface area contributed by atoms with Crippen LogP contribution < -0.4 is 9.04 Å². The number of anilines is 1. The second kappa shape index (κ2) is 12.2. The molecular formula is C29H28F3N3O6S. The van der Waals surface area contributed by atoms with Gasteiger partial charge in [0.2, 0.25) is 5.89 Å². The summed E-state index contributed by atoms with van der Waals surface area (Å²) in [6, 6.07) is 17.7. The van der Waals surface area contributed by atoms with Crippen molar-refractivity contribution >= 4 is 21.9 Å². The van der Waals surface area contributed by atoms with Crippen molar-refractivity contribution in [2.24, 2.45) is 0 Å². The number of aryl methyl sites for hydroxylation is 2. The van der Waals surface area contributed by atoms with E-state index in [-0.39, 0.29) is 19.0 Å². The molecule has 0 atom stereocenters. The Kier molecular flexibility index (Phi) is 8.92. The van der Waals surface area contributed by atoms with Gasteiger partial charge in [-0.1, -0.05) is 29.8 Å². The van der Waals surface area contributed by atoms with Gasteiger partial charge >= 0.3 is 22.4 Å². The smallest absolute Gasteiger partial charge is 0.416 e. The fraction of sp³-hybridized carbons (Fsp3) is 0.241. The van der Waals surface area contributed by atoms with Gasteiger partial charge in [0.15, 0.2) is 0 Å². The van der Waals surface area contributed by atoms with Crippen molar-refractivity contribution in [3.8, 4) is 17.2 Å². The van der Waals surface area contributed by atoms with Crippen LogP contribution in [-0.2, 0) is 34.3 Å². The van der Waals surface area contributed by atoms with Crippen molar-refractivity contribution in [2.75, 3.05) is 17.9 Å². The summed E-state index contributed by atoms with van der Waals surface area (Å²) < 4.78 is 78.4. The van der Waals surface area contributed by atoms with E-state index in [1.165, 1.54) is 19.2 Å². The molecule has 0 saturated carbocycles. The number of carbonyl (C=O) groups is 1. The Labute approximate surface area is 241 Å². The van der Waals surface area contributed by atoms with E-state index in [0.717, 1.165) is 26.3 Å². The van der Waals surface area contributed by atoms with E-state index < -0.39 is 34.5 Å². The van der Waals surface area contributed by atoms with Gasteiger partial charge in [0.05, 0.1) is 11.3 Å². The highest BCUT2D eigenvalue weighted by Crippen LogP contribution is 2.31. The number of ether oxygens (including phenoxy) is 1. The molecule has 42 heavy (non-hydrogen) atoms. The number of benzene rings is 3. The number of alkyl halides is 3. The number of nitrogens with zero attached hydrogens (tertiary/aromatic N) is 3. The van der Waals surface area contributed by atoms with Gasteiger partial charge in [-0.05, 0) is 67.9 Å². The summed E-state index contributed by atoms with van der Waals surface area (Å²) in [5.41, 5.74) is 1.94. The molecule has 0 radical (unpaired) electrons. The summed E-state index contributed by atoms with van der Waals surface area (Å²) in [6.45, 7) is 2.62. The minimum Gasteiger partial charge on any atom is -0.487 e. The Bertz CT molecular complexity index is 1640. The Morgan fingerprint density at radius 1 is 0.976 bits per heavy atom. The normalized spacial score (nSPS) is 12.0. The Morgan fingerprint density at radius 2 is 1.60 bits per heavy atom. The first-order chi connectivity index (χ1) is 19.7. The third kappa shape index (κ3) is 7.28.